The van der Waals surface area contributed by atoms with Crippen molar-refractivity contribution in [1.82, 2.24) is 29.9 Å². The van der Waals surface area contributed by atoms with Crippen LogP contribution in [0.3, 0.4) is 0 Å². The Labute approximate surface area is 131 Å². The smallest absolute Gasteiger partial charge is 0.132 e. The van der Waals surface area contributed by atoms with E-state index in [2.05, 4.69) is 37.0 Å². The Morgan fingerprint density at radius 2 is 1.91 bits per heavy atom. The average Bonchev–Trinajstić information content (AvgIpc) is 2.88. The number of nitrogens with zero attached hydrogens (tertiary/aromatic N) is 7. The highest BCUT2D eigenvalue weighted by molar-refractivity contribution is 5.37. The summed E-state index contributed by atoms with van der Waals surface area (Å²) in [7, 11) is 0. The monoisotopic (exact) mass is 301 g/mol. The molecule has 1 aliphatic rings. The maximum Gasteiger partial charge on any atom is 0.132 e. The van der Waals surface area contributed by atoms with E-state index in [1.807, 2.05) is 30.8 Å². The van der Waals surface area contributed by atoms with Gasteiger partial charge in [-0.25, -0.2) is 14.6 Å². The van der Waals surface area contributed by atoms with E-state index in [0.717, 1.165) is 56.6 Å². The Bertz CT molecular complexity index is 629. The van der Waals surface area contributed by atoms with Crippen LogP contribution in [0.5, 0.6) is 0 Å². The molecule has 2 aromatic rings. The fourth-order valence-corrected chi connectivity index (χ4v) is 2.84. The molecule has 3 heterocycles. The van der Waals surface area contributed by atoms with Gasteiger partial charge < -0.3 is 4.90 Å². The van der Waals surface area contributed by atoms with E-state index in [0.29, 0.717) is 0 Å². The van der Waals surface area contributed by atoms with Crippen molar-refractivity contribution in [3.05, 3.63) is 29.5 Å². The average molecular weight is 301 g/mol. The number of hydrogen-bond acceptors (Lipinski definition) is 6. The molecule has 0 aromatic carbocycles. The normalized spacial score (nSPS) is 16.2. The van der Waals surface area contributed by atoms with Crippen LogP contribution in [-0.2, 0) is 13.1 Å². The lowest BCUT2D eigenvalue weighted by molar-refractivity contribution is 0.241. The van der Waals surface area contributed by atoms with Gasteiger partial charge in [0.05, 0.1) is 11.4 Å². The van der Waals surface area contributed by atoms with Crippen molar-refractivity contribution in [1.29, 1.82) is 0 Å². The summed E-state index contributed by atoms with van der Waals surface area (Å²) in [5.41, 5.74) is 2.27. The van der Waals surface area contributed by atoms with Crippen molar-refractivity contribution in [3.8, 4) is 0 Å². The minimum atomic E-state index is 0.827. The molecule has 0 aliphatic carbocycles. The number of anilines is 1. The van der Waals surface area contributed by atoms with E-state index in [4.69, 9.17) is 0 Å². The predicted octanol–water partition coefficient (Wildman–Crippen LogP) is 1.03. The number of aromatic nitrogens is 5. The molecule has 1 fully saturated rings. The van der Waals surface area contributed by atoms with Crippen LogP contribution in [0, 0.1) is 13.8 Å². The molecule has 0 saturated carbocycles. The Morgan fingerprint density at radius 1 is 1.14 bits per heavy atom. The third kappa shape index (κ3) is 3.09. The van der Waals surface area contributed by atoms with Gasteiger partial charge in [0, 0.05) is 45.5 Å². The van der Waals surface area contributed by atoms with E-state index in [1.165, 1.54) is 5.69 Å². The van der Waals surface area contributed by atoms with Gasteiger partial charge in [0.2, 0.25) is 0 Å². The minimum absolute atomic E-state index is 0.827. The Hall–Kier alpha value is -2.02. The minimum Gasteiger partial charge on any atom is -0.354 e. The molecule has 0 atom stereocenters. The molecule has 22 heavy (non-hydrogen) atoms. The molecule has 1 aliphatic heterocycles. The zero-order valence-corrected chi connectivity index (χ0v) is 13.5. The van der Waals surface area contributed by atoms with E-state index in [-0.39, 0.29) is 0 Å². The van der Waals surface area contributed by atoms with Crippen LogP contribution in [0.4, 0.5) is 5.82 Å². The first-order valence-electron chi connectivity index (χ1n) is 7.83. The summed E-state index contributed by atoms with van der Waals surface area (Å²) in [5, 5.41) is 8.37. The first-order valence-corrected chi connectivity index (χ1v) is 7.83. The van der Waals surface area contributed by atoms with Gasteiger partial charge in [-0.2, -0.15) is 0 Å². The maximum absolute atomic E-state index is 4.51. The summed E-state index contributed by atoms with van der Waals surface area (Å²) in [4.78, 5) is 13.5. The summed E-state index contributed by atoms with van der Waals surface area (Å²) in [6, 6.07) is 1.99. The van der Waals surface area contributed by atoms with Gasteiger partial charge in [-0.1, -0.05) is 5.21 Å². The molecular formula is C15H23N7. The molecule has 0 bridgehead atoms. The van der Waals surface area contributed by atoms with Crippen LogP contribution >= 0.6 is 0 Å². The molecule has 7 nitrogen and oxygen atoms in total. The second-order valence-electron chi connectivity index (χ2n) is 5.66. The molecule has 1 saturated heterocycles. The highest BCUT2D eigenvalue weighted by Gasteiger charge is 2.20. The first-order chi connectivity index (χ1) is 10.7. The first kappa shape index (κ1) is 14.9. The van der Waals surface area contributed by atoms with E-state index >= 15 is 0 Å². The van der Waals surface area contributed by atoms with Crippen molar-refractivity contribution in [2.45, 2.75) is 33.9 Å². The Balaban J connectivity index is 1.61. The number of aryl methyl sites for hydroxylation is 3. The molecule has 0 amide bonds. The van der Waals surface area contributed by atoms with Crippen LogP contribution < -0.4 is 4.90 Å². The molecule has 0 unspecified atom stereocenters. The molecule has 0 radical (unpaired) electrons. The quantitative estimate of drug-likeness (QED) is 0.840. The van der Waals surface area contributed by atoms with Crippen LogP contribution in [0.1, 0.15) is 24.1 Å². The summed E-state index contributed by atoms with van der Waals surface area (Å²) >= 11 is 0. The van der Waals surface area contributed by atoms with E-state index < -0.39 is 0 Å². The summed E-state index contributed by atoms with van der Waals surface area (Å²) in [5.74, 6) is 1.86. The fraction of sp³-hybridized carbons (Fsp3) is 0.600. The van der Waals surface area contributed by atoms with Gasteiger partial charge in [-0.15, -0.1) is 5.10 Å². The van der Waals surface area contributed by atoms with E-state index in [1.54, 1.807) is 0 Å². The van der Waals surface area contributed by atoms with Gasteiger partial charge in [0.1, 0.15) is 11.6 Å². The molecule has 118 valence electrons. The molecule has 0 spiro atoms. The van der Waals surface area contributed by atoms with Crippen LogP contribution in [0.15, 0.2) is 12.3 Å². The van der Waals surface area contributed by atoms with Crippen LogP contribution in [0.25, 0.3) is 0 Å². The van der Waals surface area contributed by atoms with Crippen molar-refractivity contribution in [2.24, 2.45) is 0 Å². The van der Waals surface area contributed by atoms with Crippen molar-refractivity contribution in [2.75, 3.05) is 31.1 Å². The largest absolute Gasteiger partial charge is 0.354 e. The van der Waals surface area contributed by atoms with Crippen LogP contribution in [-0.4, -0.2) is 56.0 Å². The van der Waals surface area contributed by atoms with Crippen LogP contribution in [0.2, 0.25) is 0 Å². The second-order valence-corrected chi connectivity index (χ2v) is 5.66. The highest BCUT2D eigenvalue weighted by Crippen LogP contribution is 2.15. The van der Waals surface area contributed by atoms with Gasteiger partial charge >= 0.3 is 0 Å². The Kier molecular flexibility index (Phi) is 4.33. The van der Waals surface area contributed by atoms with Gasteiger partial charge in [-0.05, 0) is 26.8 Å². The third-order valence-corrected chi connectivity index (χ3v) is 4.16. The molecular weight excluding hydrogens is 278 g/mol. The van der Waals surface area contributed by atoms with Crippen molar-refractivity contribution < 1.29 is 0 Å². The number of piperazine rings is 1. The predicted molar refractivity (Wildman–Crippen MR) is 84.7 cm³/mol. The number of rotatable bonds is 4. The summed E-state index contributed by atoms with van der Waals surface area (Å²) in [6.45, 7) is 11.9. The van der Waals surface area contributed by atoms with E-state index in [9.17, 15) is 0 Å². The lowest BCUT2D eigenvalue weighted by Crippen LogP contribution is -2.46. The standard InChI is InChI=1S/C15H23N7/c1-4-22-14(12(2)18-19-22)11-20-7-9-21(10-8-20)15-5-6-16-13(3)17-15/h5-6H,4,7-11H2,1-3H3. The van der Waals surface area contributed by atoms with Crippen molar-refractivity contribution >= 4 is 5.82 Å². The van der Waals surface area contributed by atoms with Crippen molar-refractivity contribution in [3.63, 3.8) is 0 Å². The zero-order valence-electron chi connectivity index (χ0n) is 13.5. The van der Waals surface area contributed by atoms with Gasteiger partial charge in [0.25, 0.3) is 0 Å². The maximum atomic E-state index is 4.51. The Morgan fingerprint density at radius 3 is 2.59 bits per heavy atom. The lowest BCUT2D eigenvalue weighted by Gasteiger charge is -2.35. The summed E-state index contributed by atoms with van der Waals surface area (Å²) < 4.78 is 2.00. The highest BCUT2D eigenvalue weighted by atomic mass is 15.4. The fourth-order valence-electron chi connectivity index (χ4n) is 2.84. The molecule has 0 N–H and O–H groups in total. The zero-order chi connectivity index (χ0) is 15.5. The summed E-state index contributed by atoms with van der Waals surface area (Å²) in [6.07, 6.45) is 1.83. The van der Waals surface area contributed by atoms with Gasteiger partial charge in [0.15, 0.2) is 0 Å². The topological polar surface area (TPSA) is 63.0 Å². The lowest BCUT2D eigenvalue weighted by atomic mass is 10.2. The second kappa shape index (κ2) is 6.39. The van der Waals surface area contributed by atoms with Gasteiger partial charge in [-0.3, -0.25) is 4.90 Å². The number of hydrogen-bond donors (Lipinski definition) is 0. The molecule has 7 heteroatoms. The molecule has 3 rings (SSSR count). The molecule has 2 aromatic heterocycles. The third-order valence-electron chi connectivity index (χ3n) is 4.16. The SMILES string of the molecule is CCn1nnc(C)c1CN1CCN(c2ccnc(C)n2)CC1.